The number of carbonyl (C=O) groups is 4. The number of nitrogens with zero attached hydrogens (tertiary/aromatic N) is 4. The Kier molecular flexibility index (Phi) is 6.37. The lowest BCUT2D eigenvalue weighted by atomic mass is 9.54. The SMILES string of the molecule is CN1C(=O)C23CC4(C56CC78SSSSC(O)(C(=O)N7C5Nc5ccccc56)N(C)C8=O)c5ccccc5NC4N2C(=O)C1(O)SSSS3. The highest BCUT2D eigenvalue weighted by Gasteiger charge is 2.86. The molecule has 0 aliphatic carbocycles. The molecule has 20 heteroatoms. The number of amides is 4. The Morgan fingerprint density at radius 2 is 0.979 bits per heavy atom. The molecule has 10 aliphatic heterocycles. The van der Waals surface area contributed by atoms with Crippen LogP contribution in [0.1, 0.15) is 24.0 Å². The van der Waals surface area contributed by atoms with Crippen LogP contribution in [0, 0.1) is 0 Å². The number of piperazine rings is 2. The van der Waals surface area contributed by atoms with Gasteiger partial charge in [0, 0.05) is 38.3 Å². The molecule has 12 rings (SSSR count). The fourth-order valence-corrected chi connectivity index (χ4v) is 23.8. The first kappa shape index (κ1) is 31.4. The number of carbonyl (C=O) groups excluding carboxylic acids is 4. The van der Waals surface area contributed by atoms with E-state index in [0.29, 0.717) is 0 Å². The summed E-state index contributed by atoms with van der Waals surface area (Å²) < 4.78 is 0. The maximum atomic E-state index is 14.8. The summed E-state index contributed by atoms with van der Waals surface area (Å²) in [6.45, 7) is 0. The second-order valence-corrected chi connectivity index (χ2v) is 25.2. The van der Waals surface area contributed by atoms with Crippen molar-refractivity contribution >= 4 is 117 Å². The van der Waals surface area contributed by atoms with E-state index in [-0.39, 0.29) is 12.8 Å². The molecule has 0 saturated carbocycles. The molecule has 10 heterocycles. The summed E-state index contributed by atoms with van der Waals surface area (Å²) in [6.07, 6.45) is -1.40. The minimum absolute atomic E-state index is 0.142. The summed E-state index contributed by atoms with van der Waals surface area (Å²) in [4.78, 5) is 61.5. The molecule has 4 bridgehead atoms. The zero-order valence-corrected chi connectivity index (χ0v) is 31.3. The molecule has 48 heavy (non-hydrogen) atoms. The molecule has 2 aromatic carbocycles. The number of nitrogens with one attached hydrogen (secondary N) is 2. The van der Waals surface area contributed by atoms with Crippen molar-refractivity contribution in [3.63, 3.8) is 0 Å². The Balaban J connectivity index is 1.31. The molecular formula is C28H24N6O6S8. The summed E-state index contributed by atoms with van der Waals surface area (Å²) in [5.74, 6) is -1.98. The second kappa shape index (κ2) is 9.74. The highest BCUT2D eigenvalue weighted by atomic mass is 33.7. The fraction of sp³-hybridized carbons (Fsp3) is 0.429. The molecule has 12 nitrogen and oxygen atoms in total. The normalized spacial score (nSPS) is 43.4. The van der Waals surface area contributed by atoms with Crippen LogP contribution in [0.5, 0.6) is 0 Å². The molecule has 250 valence electrons. The number of hydrogen-bond acceptors (Lipinski definition) is 16. The molecule has 0 aromatic heterocycles. The third kappa shape index (κ3) is 3.17. The Labute approximate surface area is 304 Å². The van der Waals surface area contributed by atoms with Gasteiger partial charge in [-0.05, 0) is 106 Å². The van der Waals surface area contributed by atoms with Crippen LogP contribution in [0.4, 0.5) is 11.4 Å². The lowest BCUT2D eigenvalue weighted by Gasteiger charge is -2.52. The minimum atomic E-state index is -2.14. The Hall–Kier alpha value is -1.36. The van der Waals surface area contributed by atoms with Crippen molar-refractivity contribution in [2.24, 2.45) is 0 Å². The van der Waals surface area contributed by atoms with E-state index in [0.717, 1.165) is 53.9 Å². The third-order valence-electron chi connectivity index (χ3n) is 11.3. The first-order valence-electron chi connectivity index (χ1n) is 14.8. The maximum absolute atomic E-state index is 14.8. The van der Waals surface area contributed by atoms with Crippen molar-refractivity contribution in [1.82, 2.24) is 19.6 Å². The monoisotopic (exact) mass is 796 g/mol. The van der Waals surface area contributed by atoms with Gasteiger partial charge in [-0.25, -0.2) is 0 Å². The van der Waals surface area contributed by atoms with E-state index in [2.05, 4.69) is 10.6 Å². The minimum Gasteiger partial charge on any atom is -0.364 e. The van der Waals surface area contributed by atoms with Crippen LogP contribution >= 0.6 is 82.5 Å². The van der Waals surface area contributed by atoms with Crippen LogP contribution in [0.3, 0.4) is 0 Å². The first-order valence-corrected chi connectivity index (χ1v) is 24.4. The molecule has 4 N–H and O–H groups in total. The van der Waals surface area contributed by atoms with Crippen molar-refractivity contribution in [3.05, 3.63) is 59.7 Å². The van der Waals surface area contributed by atoms with Crippen molar-refractivity contribution in [1.29, 1.82) is 0 Å². The Morgan fingerprint density at radius 3 is 1.40 bits per heavy atom. The van der Waals surface area contributed by atoms with Crippen molar-refractivity contribution < 1.29 is 29.4 Å². The predicted molar refractivity (Wildman–Crippen MR) is 196 cm³/mol. The number of benzene rings is 2. The average molecular weight is 797 g/mol. The molecule has 10 aliphatic rings. The molecule has 4 amide bonds. The van der Waals surface area contributed by atoms with Crippen LogP contribution < -0.4 is 10.6 Å². The van der Waals surface area contributed by atoms with Gasteiger partial charge >= 0.3 is 0 Å². The van der Waals surface area contributed by atoms with Crippen LogP contribution in [0.15, 0.2) is 48.5 Å². The van der Waals surface area contributed by atoms with Gasteiger partial charge in [-0.15, -0.1) is 0 Å². The van der Waals surface area contributed by atoms with Crippen molar-refractivity contribution in [3.8, 4) is 0 Å². The van der Waals surface area contributed by atoms with Gasteiger partial charge in [-0.3, -0.25) is 38.8 Å². The standard InChI is InChI=1S/C28H24N6O6S8/c1-31-19(35)25-11-23(13-7-3-5-9-15(13)29-17(23)33(25)21(37)27(31,39)43-47-45-41-25)24-12-26-20(36)32(2)28(40,44-48-46-42-26)22(38)34(26)18(24)30-16-10-6-4-8-14(16)24/h3-10,17-18,29-30,39-40H,11-12H2,1-2H3. The van der Waals surface area contributed by atoms with Gasteiger partial charge in [-0.1, -0.05) is 36.4 Å². The van der Waals surface area contributed by atoms with Crippen molar-refractivity contribution in [2.45, 2.75) is 55.9 Å². The summed E-state index contributed by atoms with van der Waals surface area (Å²) in [5, 5.41) is 26.8. The van der Waals surface area contributed by atoms with Gasteiger partial charge < -0.3 is 20.8 Å². The summed E-state index contributed by atoms with van der Waals surface area (Å²) >= 11 is 0. The van der Waals surface area contributed by atoms with Gasteiger partial charge in [0.25, 0.3) is 33.7 Å². The number of anilines is 2. The van der Waals surface area contributed by atoms with Gasteiger partial charge in [0.05, 0.1) is 10.8 Å². The van der Waals surface area contributed by atoms with Gasteiger partial charge in [-0.2, -0.15) is 0 Å². The molecule has 8 fully saturated rings. The summed E-state index contributed by atoms with van der Waals surface area (Å²) in [5.41, 5.74) is 1.05. The topological polar surface area (TPSA) is 146 Å². The van der Waals surface area contributed by atoms with E-state index in [1.807, 2.05) is 48.5 Å². The number of para-hydroxylation sites is 2. The first-order chi connectivity index (χ1) is 22.9. The summed E-state index contributed by atoms with van der Waals surface area (Å²) in [6, 6.07) is 15.6. The molecule has 2 spiro atoms. The van der Waals surface area contributed by atoms with Crippen molar-refractivity contribution in [2.75, 3.05) is 24.7 Å². The maximum Gasteiger partial charge on any atom is 0.291 e. The zero-order chi connectivity index (χ0) is 33.2. The van der Waals surface area contributed by atoms with E-state index in [1.165, 1.54) is 75.0 Å². The molecule has 2 aromatic rings. The number of aliphatic hydroxyl groups is 2. The molecule has 8 saturated heterocycles. The van der Waals surface area contributed by atoms with Crippen LogP contribution in [0.25, 0.3) is 0 Å². The van der Waals surface area contributed by atoms with Gasteiger partial charge in [0.2, 0.25) is 0 Å². The second-order valence-electron chi connectivity index (χ2n) is 13.0. The number of fused-ring (bicyclic) bond motifs is 15. The predicted octanol–water partition coefficient (Wildman–Crippen LogP) is 3.84. The highest BCUT2D eigenvalue weighted by Crippen LogP contribution is 2.78. The van der Waals surface area contributed by atoms with Crippen LogP contribution in [0.2, 0.25) is 0 Å². The van der Waals surface area contributed by atoms with E-state index >= 15 is 0 Å². The zero-order valence-electron chi connectivity index (χ0n) is 24.8. The van der Waals surface area contributed by atoms with Crippen LogP contribution in [-0.2, 0) is 30.0 Å². The largest absolute Gasteiger partial charge is 0.364 e. The molecule has 8 atom stereocenters. The Morgan fingerprint density at radius 1 is 0.604 bits per heavy atom. The van der Waals surface area contributed by atoms with Gasteiger partial charge in [0.1, 0.15) is 12.3 Å². The quantitative estimate of drug-likeness (QED) is 0.310. The van der Waals surface area contributed by atoms with Crippen LogP contribution in [-0.4, -0.2) is 99.7 Å². The number of hydrogen-bond donors (Lipinski definition) is 4. The fourth-order valence-electron chi connectivity index (χ4n) is 9.39. The summed E-state index contributed by atoms with van der Waals surface area (Å²) in [7, 11) is 12.6. The van der Waals surface area contributed by atoms with Gasteiger partial charge in [0.15, 0.2) is 9.74 Å². The third-order valence-corrected chi connectivity index (χ3v) is 25.3. The molecular weight excluding hydrogens is 773 g/mol. The van der Waals surface area contributed by atoms with E-state index < -0.39 is 66.6 Å². The van der Waals surface area contributed by atoms with E-state index in [9.17, 15) is 29.4 Å². The number of likely N-dealkylation sites (N-methyl/N-ethyl adjacent to an activating group) is 2. The molecule has 0 radical (unpaired) electrons. The highest BCUT2D eigenvalue weighted by molar-refractivity contribution is 9.27. The Bertz CT molecular complexity index is 1780. The number of rotatable bonds is 1. The smallest absolute Gasteiger partial charge is 0.291 e. The van der Waals surface area contributed by atoms with E-state index in [1.54, 1.807) is 9.80 Å². The average Bonchev–Trinajstić information content (AvgIpc) is 3.76. The lowest BCUT2D eigenvalue weighted by Crippen LogP contribution is -2.74. The van der Waals surface area contributed by atoms with E-state index in [4.69, 9.17) is 0 Å². The molecule has 8 unspecified atom stereocenters. The lowest BCUT2D eigenvalue weighted by molar-refractivity contribution is -0.181.